The molecule has 1 unspecified atom stereocenters. The Morgan fingerprint density at radius 1 is 1.02 bits per heavy atom. The Hall–Kier alpha value is -3.69. The third-order valence-electron chi connectivity index (χ3n) is 9.73. The maximum atomic E-state index is 11.8. The van der Waals surface area contributed by atoms with Crippen molar-refractivity contribution in [3.05, 3.63) is 46.4 Å². The van der Waals surface area contributed by atoms with Crippen molar-refractivity contribution in [2.75, 3.05) is 16.8 Å². The Balaban J connectivity index is 1.37. The summed E-state index contributed by atoms with van der Waals surface area (Å²) in [7, 11) is 0. The number of aromatic amines is 1. The van der Waals surface area contributed by atoms with E-state index in [4.69, 9.17) is 19.5 Å². The highest BCUT2D eigenvalue weighted by atomic mass is 16.5. The highest BCUT2D eigenvalue weighted by molar-refractivity contribution is 5.87. The zero-order valence-electron chi connectivity index (χ0n) is 24.1. The Kier molecular flexibility index (Phi) is 7.00. The van der Waals surface area contributed by atoms with Gasteiger partial charge in [-0.3, -0.25) is 9.51 Å². The largest absolute Gasteiger partial charge is 0.439 e. The Morgan fingerprint density at radius 3 is 2.54 bits per heavy atom. The third kappa shape index (κ3) is 5.13. The van der Waals surface area contributed by atoms with Gasteiger partial charge in [0.25, 0.3) is 0 Å². The molecule has 3 aliphatic rings. The van der Waals surface area contributed by atoms with Crippen LogP contribution in [0.5, 0.6) is 0 Å². The van der Waals surface area contributed by atoms with E-state index in [1.165, 1.54) is 50.5 Å². The maximum absolute atomic E-state index is 11.8. The first-order chi connectivity index (χ1) is 20.0. The second-order valence-electron chi connectivity index (χ2n) is 12.5. The number of nitrogens with one attached hydrogen (secondary N) is 2. The Labute approximate surface area is 240 Å². The number of hydrogen-bond donors (Lipinski definition) is 2. The van der Waals surface area contributed by atoms with Gasteiger partial charge in [-0.25, -0.2) is 14.8 Å². The Bertz CT molecular complexity index is 1550. The average molecular weight is 557 g/mol. The van der Waals surface area contributed by atoms with Crippen LogP contribution in [0.4, 0.5) is 11.8 Å². The lowest BCUT2D eigenvalue weighted by Crippen LogP contribution is -2.31. The first-order valence-electron chi connectivity index (χ1n) is 15.5. The Morgan fingerprint density at radius 2 is 1.83 bits per heavy atom. The molecular weight excluding hydrogens is 516 g/mol. The van der Waals surface area contributed by atoms with E-state index in [1.807, 2.05) is 0 Å². The molecule has 2 saturated carbocycles. The van der Waals surface area contributed by atoms with E-state index in [0.29, 0.717) is 23.3 Å². The molecule has 41 heavy (non-hydrogen) atoms. The number of imidazole rings is 1. The van der Waals surface area contributed by atoms with Crippen LogP contribution in [-0.4, -0.2) is 42.2 Å². The fourth-order valence-corrected chi connectivity index (χ4v) is 7.02. The van der Waals surface area contributed by atoms with Gasteiger partial charge >= 0.3 is 5.76 Å². The molecule has 3 fully saturated rings. The van der Waals surface area contributed by atoms with Gasteiger partial charge < -0.3 is 14.8 Å². The third-order valence-corrected chi connectivity index (χ3v) is 9.73. The van der Waals surface area contributed by atoms with E-state index in [0.717, 1.165) is 49.1 Å². The number of aromatic nitrogens is 6. The summed E-state index contributed by atoms with van der Waals surface area (Å²) in [6.45, 7) is 6.46. The number of H-pyrrole nitrogens is 1. The number of anilines is 2. The number of nitrogens with zero attached hydrogens (tertiary/aromatic N) is 6. The van der Waals surface area contributed by atoms with Gasteiger partial charge in [0.2, 0.25) is 17.6 Å². The second-order valence-corrected chi connectivity index (χ2v) is 12.5. The fourth-order valence-electron chi connectivity index (χ4n) is 7.02. The molecule has 10 nitrogen and oxygen atoms in total. The van der Waals surface area contributed by atoms with Crippen LogP contribution >= 0.6 is 0 Å². The van der Waals surface area contributed by atoms with E-state index >= 15 is 0 Å². The normalized spacial score (nSPS) is 24.0. The van der Waals surface area contributed by atoms with Gasteiger partial charge in [-0.2, -0.15) is 4.98 Å². The molecule has 3 aromatic heterocycles. The van der Waals surface area contributed by atoms with Crippen LogP contribution in [0.1, 0.15) is 83.2 Å². The molecule has 1 aromatic carbocycles. The van der Waals surface area contributed by atoms with Crippen LogP contribution in [0.15, 0.2) is 39.6 Å². The van der Waals surface area contributed by atoms with E-state index < -0.39 is 5.76 Å². The summed E-state index contributed by atoms with van der Waals surface area (Å²) in [5, 5.41) is 7.65. The first-order valence-corrected chi connectivity index (χ1v) is 15.5. The molecule has 0 amide bonds. The SMILES string of the molecule is CC1CCC(Cn2c(N3CCCC3c3ccccc3)nc3nc(-c4noc(=O)[nH]4)nc(N[C@H](C)C4CCC4)c32)CC1. The summed E-state index contributed by atoms with van der Waals surface area (Å²) in [6, 6.07) is 11.3. The minimum atomic E-state index is -0.624. The molecule has 0 radical (unpaired) electrons. The van der Waals surface area contributed by atoms with Crippen LogP contribution < -0.4 is 16.0 Å². The smallest absolute Gasteiger partial charge is 0.365 e. The first kappa shape index (κ1) is 26.2. The van der Waals surface area contributed by atoms with Crippen molar-refractivity contribution in [3.63, 3.8) is 0 Å². The van der Waals surface area contributed by atoms with Crippen LogP contribution in [0.2, 0.25) is 0 Å². The van der Waals surface area contributed by atoms with Crippen molar-refractivity contribution in [3.8, 4) is 11.6 Å². The van der Waals surface area contributed by atoms with E-state index in [9.17, 15) is 4.79 Å². The zero-order chi connectivity index (χ0) is 27.9. The minimum Gasteiger partial charge on any atom is -0.365 e. The van der Waals surface area contributed by atoms with Crippen molar-refractivity contribution in [1.82, 2.24) is 29.7 Å². The standard InChI is InChI=1S/C31H40N8O2/c1-19-13-15-21(16-14-19)18-39-25-26(32-20(2)22-10-6-11-22)33-28(29-36-31(40)41-37-29)34-27(25)35-30(39)38-17-7-12-24(38)23-8-4-3-5-9-23/h3-5,8-9,19-22,24H,6-7,10-18H2,1-2H3,(H,32,33,34)(H,36,37,40)/t19?,20-,21?,24?/m1/s1. The highest BCUT2D eigenvalue weighted by Gasteiger charge is 2.33. The molecule has 216 valence electrons. The van der Waals surface area contributed by atoms with Crippen LogP contribution in [0.25, 0.3) is 22.8 Å². The number of fused-ring (bicyclic) bond motifs is 1. The molecule has 0 bridgehead atoms. The summed E-state index contributed by atoms with van der Waals surface area (Å²) in [6.07, 6.45) is 10.9. The molecule has 1 aliphatic heterocycles. The van der Waals surface area contributed by atoms with Crippen molar-refractivity contribution in [1.29, 1.82) is 0 Å². The van der Waals surface area contributed by atoms with Crippen molar-refractivity contribution in [2.45, 2.75) is 90.3 Å². The minimum absolute atomic E-state index is 0.219. The lowest BCUT2D eigenvalue weighted by Gasteiger charge is -2.33. The molecule has 7 rings (SSSR count). The topological polar surface area (TPSA) is 118 Å². The molecule has 2 atom stereocenters. The summed E-state index contributed by atoms with van der Waals surface area (Å²) in [4.78, 5) is 31.9. The van der Waals surface area contributed by atoms with Crippen molar-refractivity contribution < 1.29 is 4.52 Å². The van der Waals surface area contributed by atoms with Gasteiger partial charge in [0.05, 0.1) is 6.04 Å². The molecule has 0 spiro atoms. The quantitative estimate of drug-likeness (QED) is 0.274. The van der Waals surface area contributed by atoms with Gasteiger partial charge in [0.1, 0.15) is 5.52 Å². The molecule has 4 aromatic rings. The summed E-state index contributed by atoms with van der Waals surface area (Å²) < 4.78 is 7.21. The van der Waals surface area contributed by atoms with E-state index in [1.54, 1.807) is 0 Å². The van der Waals surface area contributed by atoms with E-state index in [2.05, 4.69) is 69.1 Å². The number of hydrogen-bond acceptors (Lipinski definition) is 8. The molecule has 4 heterocycles. The maximum Gasteiger partial charge on any atom is 0.439 e. The average Bonchev–Trinajstić information content (AvgIpc) is 3.68. The molecule has 10 heteroatoms. The van der Waals surface area contributed by atoms with Crippen LogP contribution in [0.3, 0.4) is 0 Å². The van der Waals surface area contributed by atoms with Gasteiger partial charge in [0.15, 0.2) is 11.5 Å². The number of rotatable bonds is 8. The van der Waals surface area contributed by atoms with Crippen molar-refractivity contribution >= 4 is 22.9 Å². The van der Waals surface area contributed by atoms with Gasteiger partial charge in [-0.15, -0.1) is 0 Å². The highest BCUT2D eigenvalue weighted by Crippen LogP contribution is 2.40. The van der Waals surface area contributed by atoms with Crippen molar-refractivity contribution in [2.24, 2.45) is 17.8 Å². The lowest BCUT2D eigenvalue weighted by atomic mass is 9.80. The zero-order valence-corrected chi connectivity index (χ0v) is 24.1. The predicted molar refractivity (Wildman–Crippen MR) is 159 cm³/mol. The van der Waals surface area contributed by atoms with Gasteiger partial charge in [-0.05, 0) is 68.8 Å². The molecule has 1 saturated heterocycles. The summed E-state index contributed by atoms with van der Waals surface area (Å²) in [5.41, 5.74) is 2.89. The van der Waals surface area contributed by atoms with Crippen LogP contribution in [-0.2, 0) is 6.54 Å². The summed E-state index contributed by atoms with van der Waals surface area (Å²) >= 11 is 0. The molecular formula is C31H40N8O2. The molecule has 2 aliphatic carbocycles. The monoisotopic (exact) mass is 556 g/mol. The van der Waals surface area contributed by atoms with E-state index in [-0.39, 0.29) is 17.9 Å². The van der Waals surface area contributed by atoms with Crippen LogP contribution in [0, 0.1) is 17.8 Å². The fraction of sp³-hybridized carbons (Fsp3) is 0.581. The summed E-state index contributed by atoms with van der Waals surface area (Å²) in [5.74, 6) is 3.63. The second kappa shape index (κ2) is 10.9. The molecule has 2 N–H and O–H groups in total. The number of benzene rings is 1. The lowest BCUT2D eigenvalue weighted by molar-refractivity contribution is 0.266. The van der Waals surface area contributed by atoms with Gasteiger partial charge in [-0.1, -0.05) is 61.7 Å². The predicted octanol–water partition coefficient (Wildman–Crippen LogP) is 5.94. The van der Waals surface area contributed by atoms with Gasteiger partial charge in [0, 0.05) is 19.1 Å².